The lowest BCUT2D eigenvalue weighted by molar-refractivity contribution is 0.312. The summed E-state index contributed by atoms with van der Waals surface area (Å²) in [6.45, 7) is 5.84. The van der Waals surface area contributed by atoms with E-state index in [1.54, 1.807) is 0 Å². The quantitative estimate of drug-likeness (QED) is 0.836. The van der Waals surface area contributed by atoms with E-state index < -0.39 is 0 Å². The topological polar surface area (TPSA) is 47.3 Å². The van der Waals surface area contributed by atoms with Gasteiger partial charge in [0.05, 0.1) is 6.54 Å². The van der Waals surface area contributed by atoms with Crippen molar-refractivity contribution >= 4 is 28.9 Å². The van der Waals surface area contributed by atoms with Gasteiger partial charge in [-0.2, -0.15) is 0 Å². The number of hydrogen-bond acceptors (Lipinski definition) is 6. The van der Waals surface area contributed by atoms with Gasteiger partial charge in [-0.05, 0) is 19.2 Å². The number of aromatic nitrogens is 1. The van der Waals surface area contributed by atoms with Gasteiger partial charge in [0.25, 0.3) is 0 Å². The fourth-order valence-electron chi connectivity index (χ4n) is 3.74. The van der Waals surface area contributed by atoms with E-state index in [9.17, 15) is 0 Å². The molecule has 1 fully saturated rings. The monoisotopic (exact) mass is 346 g/mol. The molecule has 3 aliphatic heterocycles. The zero-order chi connectivity index (χ0) is 17.5. The van der Waals surface area contributed by atoms with Crippen molar-refractivity contribution in [3.05, 3.63) is 48.0 Å². The zero-order valence-electron chi connectivity index (χ0n) is 15.0. The molecule has 6 heteroatoms. The van der Waals surface area contributed by atoms with Crippen LogP contribution in [0, 0.1) is 0 Å². The number of rotatable bonds is 2. The Morgan fingerprint density at radius 2 is 1.69 bits per heavy atom. The van der Waals surface area contributed by atoms with Crippen molar-refractivity contribution in [1.29, 1.82) is 0 Å². The third-order valence-corrected chi connectivity index (χ3v) is 5.25. The Bertz CT molecular complexity index is 880. The molecule has 0 spiro atoms. The minimum absolute atomic E-state index is 0.793. The van der Waals surface area contributed by atoms with Crippen LogP contribution in [0.25, 0.3) is 0 Å². The van der Waals surface area contributed by atoms with E-state index in [2.05, 4.69) is 46.0 Å². The van der Waals surface area contributed by atoms with Gasteiger partial charge < -0.3 is 14.7 Å². The number of anilines is 2. The average Bonchev–Trinajstić information content (AvgIpc) is 3.18. The lowest BCUT2D eigenvalue weighted by Gasteiger charge is -2.34. The van der Waals surface area contributed by atoms with Crippen molar-refractivity contribution in [2.24, 2.45) is 9.98 Å². The van der Waals surface area contributed by atoms with E-state index in [1.165, 1.54) is 0 Å². The first-order valence-corrected chi connectivity index (χ1v) is 9.20. The normalized spacial score (nSPS) is 19.7. The predicted molar refractivity (Wildman–Crippen MR) is 106 cm³/mol. The number of aliphatic imine (C=N–C) groups is 2. The molecule has 3 aliphatic rings. The Morgan fingerprint density at radius 3 is 2.50 bits per heavy atom. The minimum Gasteiger partial charge on any atom is -0.354 e. The average molecular weight is 346 g/mol. The minimum atomic E-state index is 0.793. The lowest BCUT2D eigenvalue weighted by Crippen LogP contribution is -2.45. The van der Waals surface area contributed by atoms with Crippen molar-refractivity contribution in [2.45, 2.75) is 0 Å². The van der Waals surface area contributed by atoms with Crippen LogP contribution in [-0.4, -0.2) is 67.7 Å². The Hall–Kier alpha value is -2.73. The van der Waals surface area contributed by atoms with Crippen LogP contribution in [-0.2, 0) is 0 Å². The van der Waals surface area contributed by atoms with Crippen molar-refractivity contribution in [3.8, 4) is 0 Å². The first kappa shape index (κ1) is 15.5. The summed E-state index contributed by atoms with van der Waals surface area (Å²) in [6, 6.07) is 14.5. The van der Waals surface area contributed by atoms with Crippen LogP contribution in [0.1, 0.15) is 5.56 Å². The molecule has 1 aromatic carbocycles. The Labute approximate surface area is 153 Å². The van der Waals surface area contributed by atoms with Gasteiger partial charge in [0.1, 0.15) is 17.2 Å². The van der Waals surface area contributed by atoms with Gasteiger partial charge >= 0.3 is 0 Å². The van der Waals surface area contributed by atoms with E-state index in [-0.39, 0.29) is 0 Å². The summed E-state index contributed by atoms with van der Waals surface area (Å²) in [5, 5.41) is 0. The van der Waals surface area contributed by atoms with Crippen LogP contribution in [0.5, 0.6) is 0 Å². The molecule has 0 unspecified atom stereocenters. The molecule has 0 saturated carbocycles. The Morgan fingerprint density at radius 1 is 0.885 bits per heavy atom. The molecule has 4 heterocycles. The van der Waals surface area contributed by atoms with Gasteiger partial charge in [0.15, 0.2) is 11.7 Å². The van der Waals surface area contributed by atoms with Gasteiger partial charge in [-0.3, -0.25) is 4.99 Å². The molecular weight excluding hydrogens is 324 g/mol. The maximum atomic E-state index is 4.98. The summed E-state index contributed by atoms with van der Waals surface area (Å²) < 4.78 is 0. The molecule has 0 aliphatic carbocycles. The molecule has 0 N–H and O–H groups in total. The highest BCUT2D eigenvalue weighted by atomic mass is 15.3. The molecule has 0 radical (unpaired) electrons. The Balaban J connectivity index is 1.54. The highest BCUT2D eigenvalue weighted by molar-refractivity contribution is 6.53. The van der Waals surface area contributed by atoms with E-state index in [0.29, 0.717) is 0 Å². The van der Waals surface area contributed by atoms with Gasteiger partial charge in [0.2, 0.25) is 0 Å². The predicted octanol–water partition coefficient (Wildman–Crippen LogP) is 2.19. The second kappa shape index (κ2) is 6.21. The number of amidine groups is 1. The van der Waals surface area contributed by atoms with Crippen LogP contribution in [0.15, 0.2) is 52.4 Å². The fraction of sp³-hybridized carbons (Fsp3) is 0.350. The molecular formula is C20H22N6. The molecule has 1 saturated heterocycles. The highest BCUT2D eigenvalue weighted by Gasteiger charge is 2.32. The fourth-order valence-corrected chi connectivity index (χ4v) is 3.74. The highest BCUT2D eigenvalue weighted by Crippen LogP contribution is 2.35. The maximum absolute atomic E-state index is 4.98. The van der Waals surface area contributed by atoms with Crippen molar-refractivity contribution < 1.29 is 0 Å². The van der Waals surface area contributed by atoms with Crippen LogP contribution >= 0.6 is 0 Å². The standard InChI is InChI=1S/C20H22N6/c1-24-11-13-25(14-12-24)17-8-7-16-19(23-17)26-10-9-21-20(26)18(22-16)15-5-3-2-4-6-15/h2-8H,9-14H2,1H3. The third kappa shape index (κ3) is 2.57. The maximum Gasteiger partial charge on any atom is 0.162 e. The van der Waals surface area contributed by atoms with E-state index in [1.807, 2.05) is 18.2 Å². The first-order chi connectivity index (χ1) is 12.8. The number of hydrogen-bond donors (Lipinski definition) is 0. The first-order valence-electron chi connectivity index (χ1n) is 9.20. The van der Waals surface area contributed by atoms with Crippen LogP contribution in [0.4, 0.5) is 17.3 Å². The molecule has 5 rings (SSSR count). The van der Waals surface area contributed by atoms with Crippen molar-refractivity contribution in [2.75, 3.05) is 56.1 Å². The van der Waals surface area contributed by atoms with Crippen molar-refractivity contribution in [1.82, 2.24) is 9.88 Å². The molecule has 0 atom stereocenters. The molecule has 26 heavy (non-hydrogen) atoms. The number of fused-ring (bicyclic) bond motifs is 3. The summed E-state index contributed by atoms with van der Waals surface area (Å²) >= 11 is 0. The van der Waals surface area contributed by atoms with Gasteiger partial charge in [0, 0.05) is 38.3 Å². The van der Waals surface area contributed by atoms with E-state index >= 15 is 0 Å². The summed E-state index contributed by atoms with van der Waals surface area (Å²) in [6.07, 6.45) is 0. The lowest BCUT2D eigenvalue weighted by atomic mass is 10.1. The van der Waals surface area contributed by atoms with E-state index in [0.717, 1.165) is 73.7 Å². The van der Waals surface area contributed by atoms with E-state index in [4.69, 9.17) is 15.0 Å². The van der Waals surface area contributed by atoms with Crippen LogP contribution in [0.3, 0.4) is 0 Å². The second-order valence-electron chi connectivity index (χ2n) is 6.99. The molecule has 0 amide bonds. The number of piperazine rings is 1. The molecule has 0 bridgehead atoms. The molecule has 132 valence electrons. The van der Waals surface area contributed by atoms with Gasteiger partial charge in [-0.25, -0.2) is 9.98 Å². The molecule has 2 aromatic rings. The van der Waals surface area contributed by atoms with Crippen LogP contribution < -0.4 is 9.80 Å². The number of likely N-dealkylation sites (N-methyl/N-ethyl adjacent to an activating group) is 1. The molecule has 6 nitrogen and oxygen atoms in total. The second-order valence-corrected chi connectivity index (χ2v) is 6.99. The number of pyridine rings is 1. The largest absolute Gasteiger partial charge is 0.354 e. The third-order valence-electron chi connectivity index (χ3n) is 5.25. The van der Waals surface area contributed by atoms with Crippen LogP contribution in [0.2, 0.25) is 0 Å². The van der Waals surface area contributed by atoms with Gasteiger partial charge in [-0.1, -0.05) is 30.3 Å². The zero-order valence-corrected chi connectivity index (χ0v) is 15.0. The molecule has 1 aromatic heterocycles. The summed E-state index contributed by atoms with van der Waals surface area (Å²) in [7, 11) is 2.17. The number of benzene rings is 1. The smallest absolute Gasteiger partial charge is 0.162 e. The number of nitrogens with zero attached hydrogens (tertiary/aromatic N) is 6. The SMILES string of the molecule is CN1CCN(c2ccc3c(n2)N2CCN=C2C(c2ccccc2)=N3)CC1. The van der Waals surface area contributed by atoms with Gasteiger partial charge in [-0.15, -0.1) is 0 Å². The Kier molecular flexibility index (Phi) is 3.71. The summed E-state index contributed by atoms with van der Waals surface area (Å²) in [5.74, 6) is 2.94. The summed E-state index contributed by atoms with van der Waals surface area (Å²) in [5.41, 5.74) is 2.99. The summed E-state index contributed by atoms with van der Waals surface area (Å²) in [4.78, 5) is 21.6. The van der Waals surface area contributed by atoms with Crippen molar-refractivity contribution in [3.63, 3.8) is 0 Å².